The summed E-state index contributed by atoms with van der Waals surface area (Å²) in [5.41, 5.74) is 0. The van der Waals surface area contributed by atoms with E-state index in [9.17, 15) is 13.2 Å². The van der Waals surface area contributed by atoms with Crippen molar-refractivity contribution < 1.29 is 17.9 Å². The van der Waals surface area contributed by atoms with Crippen LogP contribution < -0.4 is 5.32 Å². The molecule has 0 aromatic heterocycles. The Morgan fingerprint density at radius 1 is 1.50 bits per heavy atom. The van der Waals surface area contributed by atoms with Crippen LogP contribution in [0, 0.1) is 6.61 Å². The van der Waals surface area contributed by atoms with Gasteiger partial charge in [-0.1, -0.05) is 0 Å². The Bertz CT molecular complexity index is 108. The van der Waals surface area contributed by atoms with Crippen LogP contribution >= 0.6 is 0 Å². The molecule has 0 aromatic rings. The van der Waals surface area contributed by atoms with Gasteiger partial charge in [-0.05, 0) is 0 Å². The standard InChI is InChI=1S/C5H7F3NO/c6-5(7,8)4-3-10-2-1-9-4/h3-4,9H,1-2H2. The number of hydrogen-bond acceptors (Lipinski definition) is 2. The first-order valence-electron chi connectivity index (χ1n) is 2.86. The minimum atomic E-state index is -4.22. The molecule has 59 valence electrons. The van der Waals surface area contributed by atoms with E-state index in [1.807, 2.05) is 0 Å². The second-order valence-corrected chi connectivity index (χ2v) is 1.98. The summed E-state index contributed by atoms with van der Waals surface area (Å²) in [6.45, 7) is 1.34. The van der Waals surface area contributed by atoms with E-state index in [0.29, 0.717) is 6.61 Å². The molecule has 0 bridgehead atoms. The van der Waals surface area contributed by atoms with Crippen LogP contribution in [0.2, 0.25) is 0 Å². The van der Waals surface area contributed by atoms with E-state index in [2.05, 4.69) is 10.1 Å². The number of morpholine rings is 1. The first-order valence-corrected chi connectivity index (χ1v) is 2.86. The number of ether oxygens (including phenoxy) is 1. The molecule has 5 heteroatoms. The minimum Gasteiger partial charge on any atom is -0.372 e. The predicted molar refractivity (Wildman–Crippen MR) is 28.1 cm³/mol. The highest BCUT2D eigenvalue weighted by Crippen LogP contribution is 2.23. The molecule has 1 N–H and O–H groups in total. The van der Waals surface area contributed by atoms with E-state index in [-0.39, 0.29) is 6.54 Å². The summed E-state index contributed by atoms with van der Waals surface area (Å²) < 4.78 is 39.8. The van der Waals surface area contributed by atoms with Crippen molar-refractivity contribution in [2.45, 2.75) is 12.2 Å². The molecule has 0 amide bonds. The summed E-state index contributed by atoms with van der Waals surface area (Å²) in [6.07, 6.45) is -4.22. The van der Waals surface area contributed by atoms with Crippen molar-refractivity contribution in [3.63, 3.8) is 0 Å². The maximum absolute atomic E-state index is 11.8. The molecule has 0 spiro atoms. The van der Waals surface area contributed by atoms with Gasteiger partial charge >= 0.3 is 6.18 Å². The Kier molecular flexibility index (Phi) is 2.15. The lowest BCUT2D eigenvalue weighted by Gasteiger charge is -2.24. The lowest BCUT2D eigenvalue weighted by Crippen LogP contribution is -2.47. The maximum Gasteiger partial charge on any atom is 0.406 e. The predicted octanol–water partition coefficient (Wildman–Crippen LogP) is 0.699. The SMILES string of the molecule is FC(F)(F)C1[CH]OCCN1. The summed E-state index contributed by atoms with van der Waals surface area (Å²) in [4.78, 5) is 0. The van der Waals surface area contributed by atoms with Gasteiger partial charge in [0.25, 0.3) is 0 Å². The molecule has 0 saturated carbocycles. The van der Waals surface area contributed by atoms with Crippen molar-refractivity contribution in [2.75, 3.05) is 13.2 Å². The molecule has 0 aliphatic carbocycles. The third kappa shape index (κ3) is 1.85. The average molecular weight is 154 g/mol. The van der Waals surface area contributed by atoms with Gasteiger partial charge in [-0.3, -0.25) is 0 Å². The third-order valence-electron chi connectivity index (χ3n) is 1.17. The van der Waals surface area contributed by atoms with Crippen molar-refractivity contribution in [1.29, 1.82) is 0 Å². The number of alkyl halides is 3. The van der Waals surface area contributed by atoms with Crippen LogP contribution in [0.5, 0.6) is 0 Å². The highest BCUT2D eigenvalue weighted by atomic mass is 19.4. The number of halogens is 3. The fourth-order valence-corrected chi connectivity index (χ4v) is 0.679. The normalized spacial score (nSPS) is 28.5. The number of nitrogens with one attached hydrogen (secondary N) is 1. The Balaban J connectivity index is 2.39. The summed E-state index contributed by atoms with van der Waals surface area (Å²) in [5, 5.41) is 2.25. The lowest BCUT2D eigenvalue weighted by atomic mass is 10.3. The van der Waals surface area contributed by atoms with Crippen molar-refractivity contribution in [2.24, 2.45) is 0 Å². The van der Waals surface area contributed by atoms with E-state index < -0.39 is 12.2 Å². The van der Waals surface area contributed by atoms with Crippen molar-refractivity contribution in [3.05, 3.63) is 6.61 Å². The first kappa shape index (κ1) is 7.81. The molecule has 1 atom stereocenters. The molecule has 2 nitrogen and oxygen atoms in total. The van der Waals surface area contributed by atoms with Crippen molar-refractivity contribution in [3.8, 4) is 0 Å². The van der Waals surface area contributed by atoms with Gasteiger partial charge in [-0.25, -0.2) is 0 Å². The van der Waals surface area contributed by atoms with Gasteiger partial charge in [-0.2, -0.15) is 13.2 Å². The van der Waals surface area contributed by atoms with E-state index in [1.165, 1.54) is 0 Å². The van der Waals surface area contributed by atoms with Crippen molar-refractivity contribution >= 4 is 0 Å². The topological polar surface area (TPSA) is 21.3 Å². The van der Waals surface area contributed by atoms with E-state index in [1.54, 1.807) is 0 Å². The van der Waals surface area contributed by atoms with Crippen LogP contribution in [0.1, 0.15) is 0 Å². The monoisotopic (exact) mass is 154 g/mol. The minimum absolute atomic E-state index is 0.251. The largest absolute Gasteiger partial charge is 0.406 e. The number of rotatable bonds is 0. The molecular weight excluding hydrogens is 147 g/mol. The Morgan fingerprint density at radius 3 is 2.50 bits per heavy atom. The van der Waals surface area contributed by atoms with Gasteiger partial charge in [0, 0.05) is 6.54 Å². The van der Waals surface area contributed by atoms with Crippen LogP contribution in [0.15, 0.2) is 0 Å². The van der Waals surface area contributed by atoms with Crippen LogP contribution in [-0.4, -0.2) is 25.4 Å². The van der Waals surface area contributed by atoms with Crippen LogP contribution in [0.25, 0.3) is 0 Å². The van der Waals surface area contributed by atoms with E-state index in [0.717, 1.165) is 6.61 Å². The Hall–Kier alpha value is -0.290. The van der Waals surface area contributed by atoms with Gasteiger partial charge in [0.15, 0.2) is 0 Å². The van der Waals surface area contributed by atoms with Gasteiger partial charge in [-0.15, -0.1) is 0 Å². The Morgan fingerprint density at radius 2 is 2.20 bits per heavy atom. The molecule has 1 rings (SSSR count). The van der Waals surface area contributed by atoms with Gasteiger partial charge in [0.1, 0.15) is 12.6 Å². The van der Waals surface area contributed by atoms with Crippen LogP contribution in [0.4, 0.5) is 13.2 Å². The molecule has 1 aliphatic rings. The first-order chi connectivity index (χ1) is 4.61. The highest BCUT2D eigenvalue weighted by Gasteiger charge is 2.40. The zero-order valence-corrected chi connectivity index (χ0v) is 5.11. The Labute approximate surface area is 56.4 Å². The second-order valence-electron chi connectivity index (χ2n) is 1.98. The third-order valence-corrected chi connectivity index (χ3v) is 1.17. The molecule has 1 radical (unpaired) electrons. The lowest BCUT2D eigenvalue weighted by molar-refractivity contribution is -0.163. The average Bonchev–Trinajstić information content (AvgIpc) is 1.88. The molecular formula is C5H7F3NO. The molecule has 1 saturated heterocycles. The fourth-order valence-electron chi connectivity index (χ4n) is 0.679. The maximum atomic E-state index is 11.8. The molecule has 1 unspecified atom stereocenters. The van der Waals surface area contributed by atoms with Crippen molar-refractivity contribution in [1.82, 2.24) is 5.32 Å². The van der Waals surface area contributed by atoms with Gasteiger partial charge < -0.3 is 10.1 Å². The quantitative estimate of drug-likeness (QED) is 0.554. The summed E-state index contributed by atoms with van der Waals surface area (Å²) in [5.74, 6) is 0. The highest BCUT2D eigenvalue weighted by molar-refractivity contribution is 4.85. The summed E-state index contributed by atoms with van der Waals surface area (Å²) in [7, 11) is 0. The van der Waals surface area contributed by atoms with Crippen LogP contribution in [0.3, 0.4) is 0 Å². The zero-order chi connectivity index (χ0) is 7.61. The fraction of sp³-hybridized carbons (Fsp3) is 0.800. The second kappa shape index (κ2) is 2.75. The van der Waals surface area contributed by atoms with Gasteiger partial charge in [0.2, 0.25) is 0 Å². The van der Waals surface area contributed by atoms with E-state index in [4.69, 9.17) is 0 Å². The van der Waals surface area contributed by atoms with Gasteiger partial charge in [0.05, 0.1) is 6.61 Å². The molecule has 10 heavy (non-hydrogen) atoms. The number of hydrogen-bond donors (Lipinski definition) is 1. The molecule has 1 heterocycles. The van der Waals surface area contributed by atoms with Crippen LogP contribution in [-0.2, 0) is 4.74 Å². The smallest absolute Gasteiger partial charge is 0.372 e. The molecule has 0 aromatic carbocycles. The summed E-state index contributed by atoms with van der Waals surface area (Å²) >= 11 is 0. The molecule has 1 fully saturated rings. The summed E-state index contributed by atoms with van der Waals surface area (Å²) in [6, 6.07) is -1.60. The zero-order valence-electron chi connectivity index (χ0n) is 5.11. The van der Waals surface area contributed by atoms with E-state index >= 15 is 0 Å². The molecule has 1 aliphatic heterocycles.